The number of hydrogen-bond donors (Lipinski definition) is 1. The third-order valence-corrected chi connectivity index (χ3v) is 4.88. The highest BCUT2D eigenvalue weighted by Gasteiger charge is 2.19. The predicted molar refractivity (Wildman–Crippen MR) is 105 cm³/mol. The molecule has 7 heteroatoms. The molecule has 1 aliphatic rings. The Labute approximate surface area is 163 Å². The fourth-order valence-electron chi connectivity index (χ4n) is 3.26. The Bertz CT molecular complexity index is 838. The van der Waals surface area contributed by atoms with Crippen LogP contribution < -0.4 is 19.7 Å². The summed E-state index contributed by atoms with van der Waals surface area (Å²) in [5.41, 5.74) is 1.55. The van der Waals surface area contributed by atoms with Crippen LogP contribution in [0.25, 0.3) is 0 Å². The van der Waals surface area contributed by atoms with E-state index in [0.717, 1.165) is 31.6 Å². The summed E-state index contributed by atoms with van der Waals surface area (Å²) < 4.78 is 24.2. The Hall–Kier alpha value is -2.47. The first-order chi connectivity index (χ1) is 13.0. The molecule has 1 fully saturated rings. The molecular weight excluding hydrogens is 371 g/mol. The van der Waals surface area contributed by atoms with Crippen molar-refractivity contribution in [1.29, 1.82) is 0 Å². The topological polar surface area (TPSA) is 50.8 Å². The molecule has 1 N–H and O–H groups in total. The average Bonchev–Trinajstić information content (AvgIpc) is 2.68. The number of halogens is 2. The van der Waals surface area contributed by atoms with Gasteiger partial charge in [-0.25, -0.2) is 4.39 Å². The molecule has 0 atom stereocenters. The molecule has 27 heavy (non-hydrogen) atoms. The van der Waals surface area contributed by atoms with Crippen LogP contribution in [0, 0.1) is 5.82 Å². The van der Waals surface area contributed by atoms with Crippen molar-refractivity contribution in [3.05, 3.63) is 46.7 Å². The summed E-state index contributed by atoms with van der Waals surface area (Å²) in [6, 6.07) is 7.49. The van der Waals surface area contributed by atoms with E-state index in [9.17, 15) is 9.18 Å². The summed E-state index contributed by atoms with van der Waals surface area (Å²) in [6.07, 6.45) is 3.34. The standard InChI is InChI=1S/C20H22ClFN2O3/c1-26-18-11-13(10-15(21)19(18)27-2)20(25)23-16-12-14(22)6-7-17(16)24-8-4-3-5-9-24/h6-7,10-12H,3-5,8-9H2,1-2H3,(H,23,25). The minimum atomic E-state index is -0.406. The van der Waals surface area contributed by atoms with Gasteiger partial charge < -0.3 is 19.7 Å². The van der Waals surface area contributed by atoms with Gasteiger partial charge in [0.15, 0.2) is 11.5 Å². The Morgan fingerprint density at radius 2 is 1.85 bits per heavy atom. The van der Waals surface area contributed by atoms with E-state index in [1.807, 2.05) is 0 Å². The van der Waals surface area contributed by atoms with E-state index in [1.54, 1.807) is 12.1 Å². The molecule has 0 radical (unpaired) electrons. The van der Waals surface area contributed by atoms with Gasteiger partial charge in [-0.15, -0.1) is 0 Å². The number of piperidine rings is 1. The lowest BCUT2D eigenvalue weighted by Gasteiger charge is -2.30. The van der Waals surface area contributed by atoms with Crippen molar-refractivity contribution in [2.24, 2.45) is 0 Å². The fraction of sp³-hybridized carbons (Fsp3) is 0.350. The lowest BCUT2D eigenvalue weighted by molar-refractivity contribution is 0.102. The fourth-order valence-corrected chi connectivity index (χ4v) is 3.55. The van der Waals surface area contributed by atoms with Gasteiger partial charge in [0, 0.05) is 18.7 Å². The van der Waals surface area contributed by atoms with Crippen molar-refractivity contribution in [3.63, 3.8) is 0 Å². The lowest BCUT2D eigenvalue weighted by atomic mass is 10.1. The highest BCUT2D eigenvalue weighted by molar-refractivity contribution is 6.32. The van der Waals surface area contributed by atoms with Gasteiger partial charge in [0.1, 0.15) is 5.82 Å². The quantitative estimate of drug-likeness (QED) is 0.798. The second-order valence-electron chi connectivity index (χ2n) is 6.36. The van der Waals surface area contributed by atoms with Gasteiger partial charge in [0.05, 0.1) is 30.6 Å². The monoisotopic (exact) mass is 392 g/mol. The van der Waals surface area contributed by atoms with Crippen LogP contribution in [0.4, 0.5) is 15.8 Å². The van der Waals surface area contributed by atoms with E-state index in [2.05, 4.69) is 10.2 Å². The van der Waals surface area contributed by atoms with Gasteiger partial charge in [-0.1, -0.05) is 11.6 Å². The zero-order valence-corrected chi connectivity index (χ0v) is 16.1. The number of hydrogen-bond acceptors (Lipinski definition) is 4. The van der Waals surface area contributed by atoms with Crippen LogP contribution in [-0.4, -0.2) is 33.2 Å². The second kappa shape index (κ2) is 8.48. The molecule has 1 amide bonds. The van der Waals surface area contributed by atoms with Crippen LogP contribution in [0.2, 0.25) is 5.02 Å². The molecule has 1 saturated heterocycles. The maximum atomic E-state index is 13.8. The molecule has 3 rings (SSSR count). The lowest BCUT2D eigenvalue weighted by Crippen LogP contribution is -2.30. The van der Waals surface area contributed by atoms with Crippen LogP contribution >= 0.6 is 11.6 Å². The molecule has 5 nitrogen and oxygen atoms in total. The van der Waals surface area contributed by atoms with Crippen LogP contribution in [0.3, 0.4) is 0 Å². The molecule has 0 aliphatic carbocycles. The first-order valence-corrected chi connectivity index (χ1v) is 9.18. The number of ether oxygens (including phenoxy) is 2. The molecule has 0 bridgehead atoms. The molecule has 0 unspecified atom stereocenters. The van der Waals surface area contributed by atoms with E-state index >= 15 is 0 Å². The number of nitrogens with zero attached hydrogens (tertiary/aromatic N) is 1. The largest absolute Gasteiger partial charge is 0.493 e. The van der Waals surface area contributed by atoms with E-state index in [0.29, 0.717) is 22.7 Å². The third kappa shape index (κ3) is 4.27. The molecule has 2 aromatic carbocycles. The van der Waals surface area contributed by atoms with Crippen LogP contribution in [0.15, 0.2) is 30.3 Å². The highest BCUT2D eigenvalue weighted by Crippen LogP contribution is 2.36. The molecular formula is C20H22ClFN2O3. The van der Waals surface area contributed by atoms with Gasteiger partial charge in [-0.3, -0.25) is 4.79 Å². The molecule has 0 saturated carbocycles. The molecule has 0 aromatic heterocycles. The van der Waals surface area contributed by atoms with Crippen LogP contribution in [0.1, 0.15) is 29.6 Å². The van der Waals surface area contributed by atoms with Crippen molar-refractivity contribution < 1.29 is 18.7 Å². The zero-order valence-electron chi connectivity index (χ0n) is 15.4. The van der Waals surface area contributed by atoms with E-state index in [-0.39, 0.29) is 5.02 Å². The average molecular weight is 393 g/mol. The van der Waals surface area contributed by atoms with Crippen LogP contribution in [0.5, 0.6) is 11.5 Å². The first-order valence-electron chi connectivity index (χ1n) is 8.81. The minimum absolute atomic E-state index is 0.262. The number of benzene rings is 2. The van der Waals surface area contributed by atoms with Gasteiger partial charge in [0.2, 0.25) is 0 Å². The van der Waals surface area contributed by atoms with Gasteiger partial charge in [-0.05, 0) is 49.6 Å². The summed E-state index contributed by atoms with van der Waals surface area (Å²) in [5.74, 6) is -0.0979. The third-order valence-electron chi connectivity index (χ3n) is 4.60. The molecule has 144 valence electrons. The predicted octanol–water partition coefficient (Wildman–Crippen LogP) is 4.74. The number of nitrogens with one attached hydrogen (secondary N) is 1. The normalized spacial score (nSPS) is 14.0. The molecule has 0 spiro atoms. The number of anilines is 2. The zero-order chi connectivity index (χ0) is 19.4. The Kier molecular flexibility index (Phi) is 6.06. The van der Waals surface area contributed by atoms with Crippen molar-refractivity contribution >= 4 is 28.9 Å². The van der Waals surface area contributed by atoms with Crippen molar-refractivity contribution in [3.8, 4) is 11.5 Å². The van der Waals surface area contributed by atoms with Gasteiger partial charge in [0.25, 0.3) is 5.91 Å². The maximum absolute atomic E-state index is 13.8. The maximum Gasteiger partial charge on any atom is 0.255 e. The summed E-state index contributed by atoms with van der Waals surface area (Å²) in [6.45, 7) is 1.77. The van der Waals surface area contributed by atoms with E-state index < -0.39 is 11.7 Å². The molecule has 2 aromatic rings. The Morgan fingerprint density at radius 3 is 2.52 bits per heavy atom. The highest BCUT2D eigenvalue weighted by atomic mass is 35.5. The number of carbonyl (C=O) groups is 1. The number of methoxy groups -OCH3 is 2. The number of amides is 1. The van der Waals surface area contributed by atoms with E-state index in [4.69, 9.17) is 21.1 Å². The number of carbonyl (C=O) groups excluding carboxylic acids is 1. The Morgan fingerprint density at radius 1 is 1.11 bits per heavy atom. The van der Waals surface area contributed by atoms with Crippen molar-refractivity contribution in [2.45, 2.75) is 19.3 Å². The Balaban J connectivity index is 1.90. The summed E-state index contributed by atoms with van der Waals surface area (Å²) in [5, 5.41) is 3.07. The molecule has 1 aliphatic heterocycles. The first kappa shape index (κ1) is 19.3. The summed E-state index contributed by atoms with van der Waals surface area (Å²) in [7, 11) is 2.94. The van der Waals surface area contributed by atoms with Gasteiger partial charge >= 0.3 is 0 Å². The second-order valence-corrected chi connectivity index (χ2v) is 6.76. The van der Waals surface area contributed by atoms with E-state index in [1.165, 1.54) is 38.8 Å². The minimum Gasteiger partial charge on any atom is -0.493 e. The van der Waals surface area contributed by atoms with Gasteiger partial charge in [-0.2, -0.15) is 0 Å². The summed E-state index contributed by atoms with van der Waals surface area (Å²) in [4.78, 5) is 14.9. The van der Waals surface area contributed by atoms with Crippen molar-refractivity contribution in [2.75, 3.05) is 37.5 Å². The smallest absolute Gasteiger partial charge is 0.255 e. The van der Waals surface area contributed by atoms with Crippen molar-refractivity contribution in [1.82, 2.24) is 0 Å². The molecule has 1 heterocycles. The number of rotatable bonds is 5. The van der Waals surface area contributed by atoms with Crippen LogP contribution in [-0.2, 0) is 0 Å². The summed E-state index contributed by atoms with van der Waals surface area (Å²) >= 11 is 6.19. The SMILES string of the molecule is COc1cc(C(=O)Nc2cc(F)ccc2N2CCCCC2)cc(Cl)c1OC.